The summed E-state index contributed by atoms with van der Waals surface area (Å²) in [6.45, 7) is 1.35. The Labute approximate surface area is 119 Å². The molecule has 18 heavy (non-hydrogen) atoms. The molecule has 106 valence electrons. The molecule has 4 nitrogen and oxygen atoms in total. The Hall–Kier alpha value is 0.350. The molecule has 2 rings (SSSR count). The molecular formula is C12H23BrN2O2S. The zero-order valence-electron chi connectivity index (χ0n) is 10.8. The van der Waals surface area contributed by atoms with Gasteiger partial charge >= 0.3 is 0 Å². The maximum atomic E-state index is 12.3. The average molecular weight is 339 g/mol. The summed E-state index contributed by atoms with van der Waals surface area (Å²) in [5.41, 5.74) is 0. The monoisotopic (exact) mass is 338 g/mol. The first-order chi connectivity index (χ1) is 8.59. The van der Waals surface area contributed by atoms with Gasteiger partial charge in [0.05, 0.1) is 0 Å². The molecule has 2 fully saturated rings. The Balaban J connectivity index is 1.97. The summed E-state index contributed by atoms with van der Waals surface area (Å²) >= 11 is 3.64. The van der Waals surface area contributed by atoms with Crippen LogP contribution < -0.4 is 4.72 Å². The summed E-state index contributed by atoms with van der Waals surface area (Å²) in [6, 6.07) is 0.0550. The van der Waals surface area contributed by atoms with Crippen LogP contribution in [0.25, 0.3) is 0 Å². The number of hydrogen-bond acceptors (Lipinski definition) is 2. The van der Waals surface area contributed by atoms with Crippen LogP contribution in [0.5, 0.6) is 0 Å². The van der Waals surface area contributed by atoms with Crippen LogP contribution in [-0.2, 0) is 10.2 Å². The van der Waals surface area contributed by atoms with Gasteiger partial charge in [-0.3, -0.25) is 0 Å². The summed E-state index contributed by atoms with van der Waals surface area (Å²) in [5, 5.41) is 0. The van der Waals surface area contributed by atoms with Crippen molar-refractivity contribution in [3.05, 3.63) is 0 Å². The third-order valence-electron chi connectivity index (χ3n) is 3.89. The number of nitrogens with zero attached hydrogens (tertiary/aromatic N) is 1. The highest BCUT2D eigenvalue weighted by atomic mass is 79.9. The first kappa shape index (κ1) is 14.8. The van der Waals surface area contributed by atoms with E-state index in [9.17, 15) is 8.42 Å². The van der Waals surface area contributed by atoms with Gasteiger partial charge in [-0.25, -0.2) is 0 Å². The van der Waals surface area contributed by atoms with Crippen molar-refractivity contribution < 1.29 is 8.42 Å². The van der Waals surface area contributed by atoms with Crippen molar-refractivity contribution in [1.29, 1.82) is 0 Å². The maximum Gasteiger partial charge on any atom is 0.279 e. The summed E-state index contributed by atoms with van der Waals surface area (Å²) in [6.07, 6.45) is 8.66. The second kappa shape index (κ2) is 6.68. The van der Waals surface area contributed by atoms with E-state index in [1.807, 2.05) is 0 Å². The molecule has 0 aromatic rings. The fourth-order valence-corrected chi connectivity index (χ4v) is 5.21. The molecular weight excluding hydrogens is 316 g/mol. The largest absolute Gasteiger partial charge is 0.279 e. The lowest BCUT2D eigenvalue weighted by Gasteiger charge is -2.29. The van der Waals surface area contributed by atoms with E-state index in [-0.39, 0.29) is 10.9 Å². The van der Waals surface area contributed by atoms with Gasteiger partial charge in [-0.05, 0) is 25.7 Å². The minimum atomic E-state index is -3.28. The van der Waals surface area contributed by atoms with E-state index in [0.29, 0.717) is 13.1 Å². The minimum absolute atomic E-state index is 0.0550. The number of nitrogens with one attached hydrogen (secondary N) is 1. The summed E-state index contributed by atoms with van der Waals surface area (Å²) in [5.74, 6) is 0. The quantitative estimate of drug-likeness (QED) is 0.634. The number of hydrogen-bond donors (Lipinski definition) is 1. The van der Waals surface area contributed by atoms with Crippen LogP contribution in [0.3, 0.4) is 0 Å². The molecule has 0 radical (unpaired) electrons. The fourth-order valence-electron chi connectivity index (χ4n) is 2.77. The first-order valence-corrected chi connectivity index (χ1v) is 9.36. The van der Waals surface area contributed by atoms with Crippen LogP contribution in [0.1, 0.15) is 51.4 Å². The first-order valence-electron chi connectivity index (χ1n) is 7.01. The van der Waals surface area contributed by atoms with Crippen molar-refractivity contribution in [1.82, 2.24) is 9.03 Å². The SMILES string of the molecule is O=S(=O)(NC1CCCCCC1Br)N1CCCCC1. The Bertz CT molecular complexity index is 355. The second-order valence-corrected chi connectivity index (χ2v) is 8.22. The molecule has 2 atom stereocenters. The molecule has 1 heterocycles. The number of rotatable bonds is 3. The normalized spacial score (nSPS) is 32.1. The Morgan fingerprint density at radius 1 is 0.944 bits per heavy atom. The smallest absolute Gasteiger partial charge is 0.198 e. The van der Waals surface area contributed by atoms with Crippen molar-refractivity contribution in [2.24, 2.45) is 0 Å². The molecule has 0 amide bonds. The average Bonchev–Trinajstić information content (AvgIpc) is 2.56. The van der Waals surface area contributed by atoms with Gasteiger partial charge < -0.3 is 0 Å². The van der Waals surface area contributed by atoms with Crippen molar-refractivity contribution in [2.45, 2.75) is 62.2 Å². The van der Waals surface area contributed by atoms with Crippen molar-refractivity contribution in [3.8, 4) is 0 Å². The Morgan fingerprint density at radius 2 is 1.56 bits per heavy atom. The summed E-state index contributed by atoms with van der Waals surface area (Å²) in [7, 11) is -3.28. The highest BCUT2D eigenvalue weighted by molar-refractivity contribution is 9.09. The van der Waals surface area contributed by atoms with E-state index in [1.165, 1.54) is 12.8 Å². The predicted octanol–water partition coefficient (Wildman–Crippen LogP) is 2.40. The number of piperidine rings is 1. The van der Waals surface area contributed by atoms with Gasteiger partial charge in [-0.1, -0.05) is 41.6 Å². The van der Waals surface area contributed by atoms with Gasteiger partial charge in [-0.2, -0.15) is 17.4 Å². The van der Waals surface area contributed by atoms with Gasteiger partial charge in [0.25, 0.3) is 10.2 Å². The van der Waals surface area contributed by atoms with Gasteiger partial charge in [0.2, 0.25) is 0 Å². The second-order valence-electron chi connectivity index (χ2n) is 5.34. The lowest BCUT2D eigenvalue weighted by atomic mass is 10.1. The van der Waals surface area contributed by atoms with Crippen molar-refractivity contribution >= 4 is 26.1 Å². The zero-order valence-corrected chi connectivity index (χ0v) is 13.2. The highest BCUT2D eigenvalue weighted by Crippen LogP contribution is 2.25. The van der Waals surface area contributed by atoms with Crippen LogP contribution in [0.2, 0.25) is 0 Å². The molecule has 1 saturated heterocycles. The predicted molar refractivity (Wildman–Crippen MR) is 77.1 cm³/mol. The lowest BCUT2D eigenvalue weighted by Crippen LogP contribution is -2.49. The van der Waals surface area contributed by atoms with E-state index in [0.717, 1.165) is 38.5 Å². The summed E-state index contributed by atoms with van der Waals surface area (Å²) in [4.78, 5) is 0.277. The Morgan fingerprint density at radius 3 is 2.28 bits per heavy atom. The molecule has 1 saturated carbocycles. The molecule has 0 aromatic heterocycles. The van der Waals surface area contributed by atoms with Crippen LogP contribution >= 0.6 is 15.9 Å². The summed E-state index contributed by atoms with van der Waals surface area (Å²) < 4.78 is 29.1. The van der Waals surface area contributed by atoms with Gasteiger partial charge in [-0.15, -0.1) is 0 Å². The van der Waals surface area contributed by atoms with Crippen LogP contribution in [-0.4, -0.2) is 36.7 Å². The molecule has 1 aliphatic heterocycles. The van der Waals surface area contributed by atoms with Gasteiger partial charge in [0, 0.05) is 24.0 Å². The van der Waals surface area contributed by atoms with E-state index >= 15 is 0 Å². The third-order valence-corrected chi connectivity index (χ3v) is 6.63. The highest BCUT2D eigenvalue weighted by Gasteiger charge is 2.30. The molecule has 1 N–H and O–H groups in total. The van der Waals surface area contributed by atoms with E-state index < -0.39 is 10.2 Å². The maximum absolute atomic E-state index is 12.3. The van der Waals surface area contributed by atoms with E-state index in [1.54, 1.807) is 4.31 Å². The van der Waals surface area contributed by atoms with E-state index in [4.69, 9.17) is 0 Å². The number of alkyl halides is 1. The zero-order chi connectivity index (χ0) is 13.0. The molecule has 0 aromatic carbocycles. The van der Waals surface area contributed by atoms with Crippen molar-refractivity contribution in [2.75, 3.05) is 13.1 Å². The van der Waals surface area contributed by atoms with Crippen LogP contribution in [0.4, 0.5) is 0 Å². The molecule has 0 spiro atoms. The minimum Gasteiger partial charge on any atom is -0.198 e. The third kappa shape index (κ3) is 3.92. The van der Waals surface area contributed by atoms with Gasteiger partial charge in [0.15, 0.2) is 0 Å². The lowest BCUT2D eigenvalue weighted by molar-refractivity contribution is 0.337. The van der Waals surface area contributed by atoms with Crippen LogP contribution in [0.15, 0.2) is 0 Å². The molecule has 2 aliphatic rings. The Kier molecular flexibility index (Phi) is 5.47. The molecule has 2 unspecified atom stereocenters. The van der Waals surface area contributed by atoms with Crippen molar-refractivity contribution in [3.63, 3.8) is 0 Å². The molecule has 1 aliphatic carbocycles. The standard InChI is InChI=1S/C12H23BrN2O2S/c13-11-7-3-1-4-8-12(11)14-18(16,17)15-9-5-2-6-10-15/h11-12,14H,1-10H2. The molecule has 0 bridgehead atoms. The van der Waals surface area contributed by atoms with E-state index in [2.05, 4.69) is 20.7 Å². The fraction of sp³-hybridized carbons (Fsp3) is 1.00. The topological polar surface area (TPSA) is 49.4 Å². The molecule has 6 heteroatoms. The van der Waals surface area contributed by atoms with Gasteiger partial charge in [0.1, 0.15) is 0 Å². The van der Waals surface area contributed by atoms with Crippen LogP contribution in [0, 0.1) is 0 Å². The number of halogens is 1.